The van der Waals surface area contributed by atoms with Crippen LogP contribution < -0.4 is 10.6 Å². The van der Waals surface area contributed by atoms with Crippen molar-refractivity contribution in [3.63, 3.8) is 0 Å². The highest BCUT2D eigenvalue weighted by Crippen LogP contribution is 2.19. The summed E-state index contributed by atoms with van der Waals surface area (Å²) in [6, 6.07) is 3.66. The predicted molar refractivity (Wildman–Crippen MR) is 99.4 cm³/mol. The van der Waals surface area contributed by atoms with Gasteiger partial charge in [0.05, 0.1) is 0 Å². The Hall–Kier alpha value is -3.30. The number of nitrogens with two attached hydrogens (primary N) is 1. The van der Waals surface area contributed by atoms with Crippen LogP contribution in [0.1, 0.15) is 35.9 Å². The van der Waals surface area contributed by atoms with Gasteiger partial charge in [0.25, 0.3) is 11.7 Å². The topological polar surface area (TPSA) is 118 Å². The van der Waals surface area contributed by atoms with Gasteiger partial charge in [-0.1, -0.05) is 13.8 Å². The van der Waals surface area contributed by atoms with Crippen molar-refractivity contribution < 1.29 is 4.79 Å². The minimum absolute atomic E-state index is 0.116. The fourth-order valence-corrected chi connectivity index (χ4v) is 3.18. The summed E-state index contributed by atoms with van der Waals surface area (Å²) >= 11 is 0. The Morgan fingerprint density at radius 3 is 2.70 bits per heavy atom. The largest absolute Gasteiger partial charge is 0.368 e. The van der Waals surface area contributed by atoms with E-state index in [1.165, 1.54) is 0 Å². The fourth-order valence-electron chi connectivity index (χ4n) is 3.18. The highest BCUT2D eigenvalue weighted by molar-refractivity contribution is 5.92. The molecule has 0 atom stereocenters. The third-order valence-corrected chi connectivity index (χ3v) is 4.65. The fraction of sp³-hybridized carbons (Fsp3) is 0.412. The molecule has 0 aliphatic carbocycles. The Balaban J connectivity index is 1.49. The van der Waals surface area contributed by atoms with E-state index in [0.29, 0.717) is 37.7 Å². The number of nitrogen functional groups attached to an aromatic ring is 1. The molecule has 0 aromatic carbocycles. The summed E-state index contributed by atoms with van der Waals surface area (Å²) in [4.78, 5) is 29.4. The Labute approximate surface area is 156 Å². The van der Waals surface area contributed by atoms with Gasteiger partial charge in [-0.05, 0) is 18.1 Å². The van der Waals surface area contributed by atoms with E-state index in [-0.39, 0.29) is 17.8 Å². The molecule has 2 N–H and O–H groups in total. The summed E-state index contributed by atoms with van der Waals surface area (Å²) in [6.45, 7) is 6.59. The molecule has 10 heteroatoms. The first-order valence-corrected chi connectivity index (χ1v) is 8.86. The average Bonchev–Trinajstić information content (AvgIpc) is 3.16. The van der Waals surface area contributed by atoms with Crippen molar-refractivity contribution >= 4 is 23.5 Å². The maximum absolute atomic E-state index is 12.9. The normalized spacial score (nSPS) is 14.9. The smallest absolute Gasteiger partial charge is 0.272 e. The number of anilines is 2. The molecule has 1 fully saturated rings. The van der Waals surface area contributed by atoms with E-state index in [9.17, 15) is 4.79 Å². The van der Waals surface area contributed by atoms with Crippen molar-refractivity contribution in [3.05, 3.63) is 36.0 Å². The molecule has 4 rings (SSSR count). The zero-order valence-corrected chi connectivity index (χ0v) is 15.3. The number of carbonyl (C=O) groups excluding carboxylic acids is 1. The molecule has 1 saturated heterocycles. The summed E-state index contributed by atoms with van der Waals surface area (Å²) in [5.41, 5.74) is 6.91. The van der Waals surface area contributed by atoms with Gasteiger partial charge < -0.3 is 15.5 Å². The van der Waals surface area contributed by atoms with Crippen LogP contribution in [0.4, 0.5) is 11.8 Å². The quantitative estimate of drug-likeness (QED) is 0.714. The Morgan fingerprint density at radius 1 is 1.19 bits per heavy atom. The first kappa shape index (κ1) is 17.1. The van der Waals surface area contributed by atoms with Gasteiger partial charge >= 0.3 is 0 Å². The van der Waals surface area contributed by atoms with E-state index in [2.05, 4.69) is 30.0 Å². The summed E-state index contributed by atoms with van der Waals surface area (Å²) in [7, 11) is 0. The molecule has 0 saturated carbocycles. The lowest BCUT2D eigenvalue weighted by atomic mass is 10.1. The van der Waals surface area contributed by atoms with E-state index in [1.54, 1.807) is 23.5 Å². The predicted octanol–water partition coefficient (Wildman–Crippen LogP) is 0.582. The molecule has 27 heavy (non-hydrogen) atoms. The Bertz CT molecular complexity index is 975. The molecule has 140 valence electrons. The SMILES string of the molecule is CC(C)c1cc(C(=O)N2CCN(c3ccnc4nncn34)CC2)nc(N)n1. The van der Waals surface area contributed by atoms with Crippen molar-refractivity contribution in [2.24, 2.45) is 0 Å². The molecule has 1 aliphatic heterocycles. The Kier molecular flexibility index (Phi) is 4.30. The zero-order chi connectivity index (χ0) is 19.0. The molecule has 1 amide bonds. The molecule has 3 aromatic heterocycles. The van der Waals surface area contributed by atoms with Gasteiger partial charge in [0.15, 0.2) is 0 Å². The molecule has 0 bridgehead atoms. The minimum atomic E-state index is -0.116. The van der Waals surface area contributed by atoms with Crippen LogP contribution in [0.25, 0.3) is 5.78 Å². The van der Waals surface area contributed by atoms with Gasteiger partial charge in [-0.15, -0.1) is 10.2 Å². The van der Waals surface area contributed by atoms with Gasteiger partial charge in [0, 0.05) is 38.1 Å². The van der Waals surface area contributed by atoms with E-state index < -0.39 is 0 Å². The van der Waals surface area contributed by atoms with Gasteiger partial charge in [-0.25, -0.2) is 15.0 Å². The van der Waals surface area contributed by atoms with Crippen LogP contribution in [0, 0.1) is 0 Å². The van der Waals surface area contributed by atoms with Crippen molar-refractivity contribution in [2.75, 3.05) is 36.8 Å². The van der Waals surface area contributed by atoms with Crippen LogP contribution in [-0.2, 0) is 0 Å². The molecule has 10 nitrogen and oxygen atoms in total. The lowest BCUT2D eigenvalue weighted by Crippen LogP contribution is -2.49. The van der Waals surface area contributed by atoms with E-state index >= 15 is 0 Å². The molecule has 0 unspecified atom stereocenters. The van der Waals surface area contributed by atoms with Crippen LogP contribution in [0.3, 0.4) is 0 Å². The number of nitrogens with zero attached hydrogens (tertiary/aromatic N) is 8. The number of piperazine rings is 1. The van der Waals surface area contributed by atoms with Crippen molar-refractivity contribution in [3.8, 4) is 0 Å². The maximum atomic E-state index is 12.9. The average molecular weight is 367 g/mol. The van der Waals surface area contributed by atoms with Crippen molar-refractivity contribution in [1.29, 1.82) is 0 Å². The number of amides is 1. The van der Waals surface area contributed by atoms with Crippen LogP contribution >= 0.6 is 0 Å². The van der Waals surface area contributed by atoms with Crippen LogP contribution in [-0.4, -0.2) is 66.5 Å². The third-order valence-electron chi connectivity index (χ3n) is 4.65. The number of fused-ring (bicyclic) bond motifs is 1. The second kappa shape index (κ2) is 6.78. The minimum Gasteiger partial charge on any atom is -0.368 e. The van der Waals surface area contributed by atoms with Gasteiger partial charge in [-0.2, -0.15) is 0 Å². The highest BCUT2D eigenvalue weighted by atomic mass is 16.2. The number of hydrogen-bond donors (Lipinski definition) is 1. The maximum Gasteiger partial charge on any atom is 0.272 e. The number of hydrogen-bond acceptors (Lipinski definition) is 8. The summed E-state index contributed by atoms with van der Waals surface area (Å²) in [5, 5.41) is 7.88. The van der Waals surface area contributed by atoms with Crippen LogP contribution in [0.5, 0.6) is 0 Å². The molecular formula is C17H21N9O. The monoisotopic (exact) mass is 367 g/mol. The molecule has 0 spiro atoms. The molecule has 4 heterocycles. The van der Waals surface area contributed by atoms with E-state index in [0.717, 1.165) is 11.5 Å². The second-order valence-electron chi connectivity index (χ2n) is 6.77. The summed E-state index contributed by atoms with van der Waals surface area (Å²) < 4.78 is 1.84. The highest BCUT2D eigenvalue weighted by Gasteiger charge is 2.25. The molecule has 1 aliphatic rings. The second-order valence-corrected chi connectivity index (χ2v) is 6.77. The lowest BCUT2D eigenvalue weighted by Gasteiger charge is -2.35. The van der Waals surface area contributed by atoms with Crippen LogP contribution in [0.15, 0.2) is 24.7 Å². The molecular weight excluding hydrogens is 346 g/mol. The number of carbonyl (C=O) groups is 1. The molecule has 0 radical (unpaired) electrons. The number of rotatable bonds is 3. The first-order valence-electron chi connectivity index (χ1n) is 8.86. The van der Waals surface area contributed by atoms with Crippen molar-refractivity contribution in [1.82, 2.24) is 34.4 Å². The standard InChI is InChI=1S/C17H21N9O/c1-11(2)12-9-13(22-16(18)21-12)15(27)25-7-5-24(6-8-25)14-3-4-19-17-23-20-10-26(14)17/h3-4,9-11H,5-8H2,1-2H3,(H2,18,21,22). The summed E-state index contributed by atoms with van der Waals surface area (Å²) in [6.07, 6.45) is 3.36. The van der Waals surface area contributed by atoms with E-state index in [4.69, 9.17) is 5.73 Å². The van der Waals surface area contributed by atoms with E-state index in [1.807, 2.05) is 24.3 Å². The van der Waals surface area contributed by atoms with Gasteiger partial charge in [0.1, 0.15) is 17.8 Å². The zero-order valence-electron chi connectivity index (χ0n) is 15.3. The summed E-state index contributed by atoms with van der Waals surface area (Å²) in [5.74, 6) is 1.72. The number of aromatic nitrogens is 6. The molecule has 3 aromatic rings. The van der Waals surface area contributed by atoms with Gasteiger partial charge in [0.2, 0.25) is 5.95 Å². The van der Waals surface area contributed by atoms with Gasteiger partial charge in [-0.3, -0.25) is 9.20 Å². The lowest BCUT2D eigenvalue weighted by molar-refractivity contribution is 0.0740. The first-order chi connectivity index (χ1) is 13.0. The van der Waals surface area contributed by atoms with Crippen molar-refractivity contribution in [2.45, 2.75) is 19.8 Å². The third kappa shape index (κ3) is 3.25. The Morgan fingerprint density at radius 2 is 1.96 bits per heavy atom. The van der Waals surface area contributed by atoms with Crippen LogP contribution in [0.2, 0.25) is 0 Å².